The van der Waals surface area contributed by atoms with E-state index >= 15 is 0 Å². The van der Waals surface area contributed by atoms with Gasteiger partial charge in [0.15, 0.2) is 0 Å². The van der Waals surface area contributed by atoms with Crippen LogP contribution >= 0.6 is 11.6 Å². The number of para-hydroxylation sites is 3. The summed E-state index contributed by atoms with van der Waals surface area (Å²) in [5.74, 6) is -2.66. The summed E-state index contributed by atoms with van der Waals surface area (Å²) in [4.78, 5) is 46.1. The topological polar surface area (TPSA) is 94.3 Å². The number of imide groups is 1. The second kappa shape index (κ2) is 7.53. The molecule has 36 heavy (non-hydrogen) atoms. The number of carbonyl (C=O) groups excluding carboxylic acids is 3. The number of halogens is 1. The number of nitrogens with one attached hydrogen (secondary N) is 3. The van der Waals surface area contributed by atoms with Crippen LogP contribution in [0.3, 0.4) is 0 Å². The van der Waals surface area contributed by atoms with Crippen molar-refractivity contribution < 1.29 is 14.4 Å². The molecule has 0 aliphatic carbocycles. The molecule has 4 heterocycles. The number of hydrogen-bond acceptors (Lipinski definition) is 4. The van der Waals surface area contributed by atoms with Gasteiger partial charge < -0.3 is 10.3 Å². The monoisotopic (exact) mass is 496 g/mol. The molecule has 3 aliphatic rings. The van der Waals surface area contributed by atoms with E-state index in [0.717, 1.165) is 16.5 Å². The molecule has 7 rings (SSSR count). The first-order valence-electron chi connectivity index (χ1n) is 11.9. The van der Waals surface area contributed by atoms with Gasteiger partial charge in [-0.1, -0.05) is 60.1 Å². The second-order valence-corrected chi connectivity index (χ2v) is 10.00. The van der Waals surface area contributed by atoms with Crippen LogP contribution in [0.15, 0.2) is 79.0 Å². The Hall–Kier alpha value is -3.94. The lowest BCUT2D eigenvalue weighted by molar-refractivity contribution is -0.130. The van der Waals surface area contributed by atoms with E-state index in [1.807, 2.05) is 36.5 Å². The standard InChI is InChI=1S/C28H21ClN4O3/c29-19-11-6-10-18-24(19)31-27(36)28(18)23-22(25(34)33(26(23)35)16-7-2-1-3-8-16)21(32-28)13-15-14-30-20-12-5-4-9-17(15)20/h1-12,14,21-23,30,32H,13H2,(H,31,36)/t21-,22+,23-,28-/m0/s1. The number of nitrogens with zero attached hydrogens (tertiary/aromatic N) is 1. The molecule has 0 radical (unpaired) electrons. The number of aromatic nitrogens is 1. The Bertz CT molecular complexity index is 1580. The van der Waals surface area contributed by atoms with E-state index in [9.17, 15) is 14.4 Å². The van der Waals surface area contributed by atoms with Crippen LogP contribution in [0.2, 0.25) is 5.02 Å². The van der Waals surface area contributed by atoms with Crippen LogP contribution in [0, 0.1) is 11.8 Å². The van der Waals surface area contributed by atoms with Gasteiger partial charge in [-0.05, 0) is 36.2 Å². The summed E-state index contributed by atoms with van der Waals surface area (Å²) in [5, 5.41) is 7.82. The first kappa shape index (κ1) is 21.4. The van der Waals surface area contributed by atoms with E-state index < -0.39 is 23.4 Å². The van der Waals surface area contributed by atoms with Crippen LogP contribution in [0.4, 0.5) is 11.4 Å². The van der Waals surface area contributed by atoms with Crippen molar-refractivity contribution in [2.45, 2.75) is 18.0 Å². The molecular weight excluding hydrogens is 476 g/mol. The number of hydrogen-bond donors (Lipinski definition) is 3. The summed E-state index contributed by atoms with van der Waals surface area (Å²) in [6.45, 7) is 0. The molecule has 0 saturated carbocycles. The highest BCUT2D eigenvalue weighted by Crippen LogP contribution is 2.55. The fraction of sp³-hybridized carbons (Fsp3) is 0.179. The Kier molecular flexibility index (Phi) is 4.46. The predicted octanol–water partition coefficient (Wildman–Crippen LogP) is 3.99. The summed E-state index contributed by atoms with van der Waals surface area (Å²) < 4.78 is 0. The lowest BCUT2D eigenvalue weighted by Gasteiger charge is -2.29. The number of carbonyl (C=O) groups is 3. The van der Waals surface area contributed by atoms with E-state index in [1.165, 1.54) is 4.90 Å². The summed E-state index contributed by atoms with van der Waals surface area (Å²) >= 11 is 6.44. The van der Waals surface area contributed by atoms with Crippen molar-refractivity contribution in [1.29, 1.82) is 0 Å². The zero-order valence-electron chi connectivity index (χ0n) is 19.0. The van der Waals surface area contributed by atoms with Gasteiger partial charge in [0.2, 0.25) is 17.7 Å². The number of rotatable bonds is 3. The van der Waals surface area contributed by atoms with Crippen LogP contribution in [0.5, 0.6) is 0 Å². The normalized spacial score (nSPS) is 26.6. The van der Waals surface area contributed by atoms with Crippen LogP contribution in [-0.4, -0.2) is 28.7 Å². The molecule has 3 aliphatic heterocycles. The third kappa shape index (κ3) is 2.69. The molecule has 1 aromatic heterocycles. The maximum absolute atomic E-state index is 14.0. The molecule has 4 atom stereocenters. The zero-order valence-corrected chi connectivity index (χ0v) is 19.8. The quantitative estimate of drug-likeness (QED) is 0.374. The molecule has 7 nitrogen and oxygen atoms in total. The molecule has 2 fully saturated rings. The Morgan fingerprint density at radius 2 is 1.67 bits per heavy atom. The molecule has 3 aromatic carbocycles. The van der Waals surface area contributed by atoms with Crippen molar-refractivity contribution in [3.05, 3.63) is 95.1 Å². The van der Waals surface area contributed by atoms with Crippen molar-refractivity contribution in [2.24, 2.45) is 11.8 Å². The largest absolute Gasteiger partial charge is 0.361 e. The average Bonchev–Trinajstić information content (AvgIpc) is 3.60. The van der Waals surface area contributed by atoms with Gasteiger partial charge in [-0.15, -0.1) is 0 Å². The fourth-order valence-electron chi connectivity index (χ4n) is 6.34. The smallest absolute Gasteiger partial charge is 0.250 e. The Morgan fingerprint density at radius 1 is 0.889 bits per heavy atom. The molecule has 0 bridgehead atoms. The highest BCUT2D eigenvalue weighted by Gasteiger charge is 2.70. The van der Waals surface area contributed by atoms with Crippen LogP contribution in [0.25, 0.3) is 10.9 Å². The van der Waals surface area contributed by atoms with Gasteiger partial charge in [0.1, 0.15) is 5.54 Å². The minimum absolute atomic E-state index is 0.298. The highest BCUT2D eigenvalue weighted by molar-refractivity contribution is 6.35. The zero-order chi connectivity index (χ0) is 24.6. The minimum Gasteiger partial charge on any atom is -0.361 e. The van der Waals surface area contributed by atoms with E-state index in [4.69, 9.17) is 11.6 Å². The molecule has 1 spiro atoms. The number of fused-ring (bicyclic) bond motifs is 5. The first-order chi connectivity index (χ1) is 17.5. The van der Waals surface area contributed by atoms with E-state index in [0.29, 0.717) is 28.4 Å². The van der Waals surface area contributed by atoms with E-state index in [1.54, 1.807) is 42.5 Å². The highest BCUT2D eigenvalue weighted by atomic mass is 35.5. The Morgan fingerprint density at radius 3 is 2.50 bits per heavy atom. The lowest BCUT2D eigenvalue weighted by Crippen LogP contribution is -2.53. The van der Waals surface area contributed by atoms with Gasteiger partial charge in [-0.3, -0.25) is 19.7 Å². The molecule has 178 valence electrons. The Labute approximate surface area is 211 Å². The summed E-state index contributed by atoms with van der Waals surface area (Å²) in [6.07, 6.45) is 2.40. The van der Waals surface area contributed by atoms with Gasteiger partial charge in [0, 0.05) is 28.7 Å². The van der Waals surface area contributed by atoms with E-state index in [2.05, 4.69) is 15.6 Å². The van der Waals surface area contributed by atoms with Gasteiger partial charge in [-0.25, -0.2) is 4.90 Å². The maximum atomic E-state index is 14.0. The molecule has 2 saturated heterocycles. The SMILES string of the molecule is O=C1[C@@H]2[C@H](Cc3c[nH]c4ccccc34)N[C@]3(C(=O)Nc4c(Cl)cccc43)[C@@H]2C(=O)N1c1ccccc1. The van der Waals surface area contributed by atoms with Crippen molar-refractivity contribution in [2.75, 3.05) is 10.2 Å². The molecule has 8 heteroatoms. The molecular formula is C28H21ClN4O3. The summed E-state index contributed by atoms with van der Waals surface area (Å²) in [5.41, 5.74) is 2.22. The first-order valence-corrected chi connectivity index (χ1v) is 12.2. The third-order valence-electron chi connectivity index (χ3n) is 7.83. The number of anilines is 2. The molecule has 3 amide bonds. The van der Waals surface area contributed by atoms with Gasteiger partial charge in [-0.2, -0.15) is 0 Å². The maximum Gasteiger partial charge on any atom is 0.250 e. The summed E-state index contributed by atoms with van der Waals surface area (Å²) in [6, 6.07) is 21.7. The Balaban J connectivity index is 1.39. The second-order valence-electron chi connectivity index (χ2n) is 9.59. The predicted molar refractivity (Wildman–Crippen MR) is 137 cm³/mol. The number of aromatic amines is 1. The minimum atomic E-state index is -1.39. The number of benzene rings is 3. The van der Waals surface area contributed by atoms with Gasteiger partial charge in [0.25, 0.3) is 0 Å². The van der Waals surface area contributed by atoms with Crippen LogP contribution in [0.1, 0.15) is 11.1 Å². The lowest BCUT2D eigenvalue weighted by atomic mass is 9.76. The summed E-state index contributed by atoms with van der Waals surface area (Å²) in [7, 11) is 0. The van der Waals surface area contributed by atoms with Gasteiger partial charge in [0.05, 0.1) is 28.2 Å². The number of H-pyrrole nitrogens is 1. The van der Waals surface area contributed by atoms with Crippen LogP contribution < -0.4 is 15.5 Å². The fourth-order valence-corrected chi connectivity index (χ4v) is 6.56. The molecule has 3 N–H and O–H groups in total. The third-order valence-corrected chi connectivity index (χ3v) is 8.14. The van der Waals surface area contributed by atoms with E-state index in [-0.39, 0.29) is 17.7 Å². The molecule has 4 aromatic rings. The van der Waals surface area contributed by atoms with Crippen molar-refractivity contribution >= 4 is 51.6 Å². The van der Waals surface area contributed by atoms with Crippen molar-refractivity contribution in [1.82, 2.24) is 10.3 Å². The van der Waals surface area contributed by atoms with Crippen molar-refractivity contribution in [3.8, 4) is 0 Å². The average molecular weight is 497 g/mol. The van der Waals surface area contributed by atoms with Crippen LogP contribution in [-0.2, 0) is 26.3 Å². The van der Waals surface area contributed by atoms with Gasteiger partial charge >= 0.3 is 0 Å². The van der Waals surface area contributed by atoms with Crippen molar-refractivity contribution in [3.63, 3.8) is 0 Å². The molecule has 0 unspecified atom stereocenters. The number of amides is 3.